The highest BCUT2D eigenvalue weighted by Crippen LogP contribution is 2.15. The van der Waals surface area contributed by atoms with Gasteiger partial charge in [-0.3, -0.25) is 4.79 Å². The number of aryl methyl sites for hydroxylation is 1. The molecule has 0 spiro atoms. The van der Waals surface area contributed by atoms with Crippen LogP contribution in [0.5, 0.6) is 0 Å². The minimum atomic E-state index is -3.59. The lowest BCUT2D eigenvalue weighted by Gasteiger charge is -2.19. The number of likely N-dealkylation sites (N-methyl/N-ethyl adjacent to an activating group) is 1. The Hall–Kier alpha value is -0.700. The van der Waals surface area contributed by atoms with Crippen molar-refractivity contribution in [1.82, 2.24) is 14.6 Å². The molecule has 0 saturated carbocycles. The fraction of sp³-hybridized carbons (Fsp3) is 0.667. The molecule has 1 aromatic rings. The van der Waals surface area contributed by atoms with Crippen LogP contribution in [0.3, 0.4) is 0 Å². The van der Waals surface area contributed by atoms with E-state index in [-0.39, 0.29) is 15.1 Å². The van der Waals surface area contributed by atoms with Crippen molar-refractivity contribution < 1.29 is 8.42 Å². The van der Waals surface area contributed by atoms with E-state index in [9.17, 15) is 13.2 Å². The fourth-order valence-corrected chi connectivity index (χ4v) is 3.59. The van der Waals surface area contributed by atoms with Gasteiger partial charge in [-0.05, 0) is 27.9 Å². The number of hydrogen-bond acceptors (Lipinski definition) is 5. The van der Waals surface area contributed by atoms with Gasteiger partial charge in [0.05, 0.1) is 0 Å². The van der Waals surface area contributed by atoms with Gasteiger partial charge in [0.2, 0.25) is 0 Å². The zero-order valence-electron chi connectivity index (χ0n) is 10.3. The first-order valence-corrected chi connectivity index (χ1v) is 7.40. The molecule has 98 valence electrons. The highest BCUT2D eigenvalue weighted by molar-refractivity contribution is 7.91. The van der Waals surface area contributed by atoms with E-state index in [1.54, 1.807) is 6.92 Å². The van der Waals surface area contributed by atoms with E-state index in [1.807, 2.05) is 25.9 Å². The topological polar surface area (TPSA) is 82.3 Å². The van der Waals surface area contributed by atoms with Crippen molar-refractivity contribution in [2.45, 2.75) is 24.1 Å². The Balaban J connectivity index is 2.83. The number of H-pyrrole nitrogens is 1. The van der Waals surface area contributed by atoms with E-state index in [0.717, 1.165) is 0 Å². The van der Waals surface area contributed by atoms with E-state index in [0.29, 0.717) is 23.6 Å². The molecule has 8 heteroatoms. The van der Waals surface area contributed by atoms with Gasteiger partial charge in [0.1, 0.15) is 0 Å². The van der Waals surface area contributed by atoms with Crippen molar-refractivity contribution in [2.75, 3.05) is 20.6 Å². The molecule has 0 amide bonds. The molecule has 1 atom stereocenters. The Bertz CT molecular complexity index is 530. The average molecular weight is 279 g/mol. The van der Waals surface area contributed by atoms with Crippen LogP contribution in [0.1, 0.15) is 12.6 Å². The van der Waals surface area contributed by atoms with E-state index < -0.39 is 10.0 Å². The van der Waals surface area contributed by atoms with Crippen molar-refractivity contribution in [1.29, 1.82) is 0 Å². The number of aromatic amines is 1. The van der Waals surface area contributed by atoms with E-state index >= 15 is 0 Å². The first kappa shape index (κ1) is 14.4. The number of hydrogen-bond donors (Lipinski definition) is 2. The number of nitrogens with zero attached hydrogens (tertiary/aromatic N) is 1. The third-order valence-electron chi connectivity index (χ3n) is 2.48. The van der Waals surface area contributed by atoms with Crippen LogP contribution in [0.2, 0.25) is 0 Å². The predicted molar refractivity (Wildman–Crippen MR) is 68.0 cm³/mol. The molecule has 0 aromatic carbocycles. The second-order valence-electron chi connectivity index (χ2n) is 4.09. The highest BCUT2D eigenvalue weighted by Gasteiger charge is 2.21. The number of sulfonamides is 1. The third-order valence-corrected chi connectivity index (χ3v) is 5.50. The van der Waals surface area contributed by atoms with Crippen LogP contribution in [0.4, 0.5) is 0 Å². The molecular weight excluding hydrogens is 262 g/mol. The monoisotopic (exact) mass is 279 g/mol. The number of rotatable bonds is 5. The summed E-state index contributed by atoms with van der Waals surface area (Å²) in [5.41, 5.74) is 0.380. The molecule has 0 aliphatic carbocycles. The summed E-state index contributed by atoms with van der Waals surface area (Å²) in [5.74, 6) is 0. The van der Waals surface area contributed by atoms with Crippen LogP contribution in [0.15, 0.2) is 9.00 Å². The summed E-state index contributed by atoms with van der Waals surface area (Å²) in [6, 6.07) is 0.0840. The first-order valence-electron chi connectivity index (χ1n) is 5.10. The lowest BCUT2D eigenvalue weighted by molar-refractivity contribution is 0.314. The quantitative estimate of drug-likeness (QED) is 0.793. The number of aromatic nitrogens is 1. The molecule has 2 N–H and O–H groups in total. The molecule has 17 heavy (non-hydrogen) atoms. The van der Waals surface area contributed by atoms with Crippen LogP contribution in [0.25, 0.3) is 0 Å². The average Bonchev–Trinajstić information content (AvgIpc) is 2.55. The molecule has 0 fully saturated rings. The highest BCUT2D eigenvalue weighted by atomic mass is 32.2. The predicted octanol–water partition coefficient (Wildman–Crippen LogP) is -0.0268. The lowest BCUT2D eigenvalue weighted by Crippen LogP contribution is -2.38. The van der Waals surface area contributed by atoms with Gasteiger partial charge in [-0.1, -0.05) is 11.3 Å². The molecule has 0 bridgehead atoms. The van der Waals surface area contributed by atoms with Gasteiger partial charge >= 0.3 is 4.87 Å². The minimum Gasteiger partial charge on any atom is -0.315 e. The minimum absolute atomic E-state index is 0.0634. The van der Waals surface area contributed by atoms with Crippen molar-refractivity contribution in [2.24, 2.45) is 0 Å². The lowest BCUT2D eigenvalue weighted by atomic mass is 10.3. The fourth-order valence-electron chi connectivity index (χ4n) is 1.13. The Morgan fingerprint density at radius 1 is 1.47 bits per heavy atom. The first-order chi connectivity index (χ1) is 7.74. The van der Waals surface area contributed by atoms with Gasteiger partial charge in [-0.25, -0.2) is 13.1 Å². The summed E-state index contributed by atoms with van der Waals surface area (Å²) < 4.78 is 26.4. The van der Waals surface area contributed by atoms with Crippen LogP contribution in [-0.4, -0.2) is 45.0 Å². The number of thiazole rings is 1. The van der Waals surface area contributed by atoms with Gasteiger partial charge in [0.15, 0.2) is 4.21 Å². The van der Waals surface area contributed by atoms with Gasteiger partial charge in [-0.15, -0.1) is 0 Å². The molecule has 0 saturated heterocycles. The molecule has 0 radical (unpaired) electrons. The SMILES string of the molecule is Cc1[nH]c(=O)sc1S(=O)(=O)NCC(C)N(C)C. The van der Waals surface area contributed by atoms with Gasteiger partial charge in [0.25, 0.3) is 10.0 Å². The van der Waals surface area contributed by atoms with Crippen molar-refractivity contribution in [3.63, 3.8) is 0 Å². The van der Waals surface area contributed by atoms with Crippen LogP contribution >= 0.6 is 11.3 Å². The summed E-state index contributed by atoms with van der Waals surface area (Å²) in [7, 11) is 0.160. The second kappa shape index (κ2) is 5.30. The van der Waals surface area contributed by atoms with Gasteiger partial charge in [-0.2, -0.15) is 0 Å². The normalized spacial score (nSPS) is 14.2. The summed E-state index contributed by atoms with van der Waals surface area (Å²) in [5, 5.41) is 0. The van der Waals surface area contributed by atoms with Crippen molar-refractivity contribution in [3.05, 3.63) is 15.4 Å². The Morgan fingerprint density at radius 2 is 2.06 bits per heavy atom. The smallest absolute Gasteiger partial charge is 0.305 e. The Kier molecular flexibility index (Phi) is 4.48. The summed E-state index contributed by atoms with van der Waals surface area (Å²) in [6.45, 7) is 3.79. The summed E-state index contributed by atoms with van der Waals surface area (Å²) >= 11 is 0.706. The molecule has 1 rings (SSSR count). The van der Waals surface area contributed by atoms with Crippen molar-refractivity contribution in [3.8, 4) is 0 Å². The largest absolute Gasteiger partial charge is 0.315 e. The molecule has 1 unspecified atom stereocenters. The van der Waals surface area contributed by atoms with E-state index in [1.165, 1.54) is 0 Å². The standard InChI is InChI=1S/C9H17N3O3S2/c1-6(12(3)4)5-10-17(14,15)8-7(2)11-9(13)16-8/h6,10H,5H2,1-4H3,(H,11,13). The summed E-state index contributed by atoms with van der Waals surface area (Å²) in [4.78, 5) is 15.1. The van der Waals surface area contributed by atoms with Gasteiger partial charge < -0.3 is 9.88 Å². The zero-order valence-corrected chi connectivity index (χ0v) is 11.9. The van der Waals surface area contributed by atoms with E-state index in [2.05, 4.69) is 9.71 Å². The summed E-state index contributed by atoms with van der Waals surface area (Å²) in [6.07, 6.45) is 0. The molecular formula is C9H17N3O3S2. The van der Waals surface area contributed by atoms with Crippen LogP contribution < -0.4 is 9.60 Å². The third kappa shape index (κ3) is 3.63. The molecule has 0 aliphatic heterocycles. The Morgan fingerprint density at radius 3 is 2.47 bits per heavy atom. The zero-order chi connectivity index (χ0) is 13.2. The molecule has 0 aliphatic rings. The maximum Gasteiger partial charge on any atom is 0.305 e. The van der Waals surface area contributed by atoms with Gasteiger partial charge in [0, 0.05) is 18.3 Å². The van der Waals surface area contributed by atoms with Crippen LogP contribution in [0, 0.1) is 6.92 Å². The maximum atomic E-state index is 11.9. The molecule has 6 nitrogen and oxygen atoms in total. The second-order valence-corrected chi connectivity index (χ2v) is 7.04. The molecule has 1 aromatic heterocycles. The van der Waals surface area contributed by atoms with E-state index in [4.69, 9.17) is 0 Å². The van der Waals surface area contributed by atoms with Crippen LogP contribution in [-0.2, 0) is 10.0 Å². The number of nitrogens with one attached hydrogen (secondary N) is 2. The Labute approximate surface area is 105 Å². The molecule has 1 heterocycles. The van der Waals surface area contributed by atoms with Crippen molar-refractivity contribution >= 4 is 21.4 Å². The maximum absolute atomic E-state index is 11.9.